The van der Waals surface area contributed by atoms with Crippen molar-refractivity contribution in [1.82, 2.24) is 0 Å². The lowest BCUT2D eigenvalue weighted by molar-refractivity contribution is -0.167. The number of esters is 3. The maximum atomic E-state index is 12.8. The molecule has 0 spiro atoms. The smallest absolute Gasteiger partial charge is 0.306 e. The Hall–Kier alpha value is -1.59. The van der Waals surface area contributed by atoms with Crippen molar-refractivity contribution in [2.75, 3.05) is 13.2 Å². The van der Waals surface area contributed by atoms with Crippen LogP contribution in [-0.4, -0.2) is 37.2 Å². The van der Waals surface area contributed by atoms with E-state index in [4.69, 9.17) is 14.2 Å². The lowest BCUT2D eigenvalue weighted by Crippen LogP contribution is -2.30. The van der Waals surface area contributed by atoms with Crippen LogP contribution in [0.25, 0.3) is 0 Å². The molecule has 0 heterocycles. The molecule has 1 atom stereocenters. The second kappa shape index (κ2) is 47.9. The van der Waals surface area contributed by atoms with Gasteiger partial charge in [-0.2, -0.15) is 0 Å². The minimum Gasteiger partial charge on any atom is -0.462 e. The predicted octanol–water partition coefficient (Wildman–Crippen LogP) is 17.7. The summed E-state index contributed by atoms with van der Waals surface area (Å²) < 4.78 is 16.8. The standard InChI is InChI=1S/C55H106O6/c1-6-7-8-9-10-11-12-13-14-15-16-17-21-24-30-35-40-45-53(56)59-48-52(49-60-54(57)46-41-36-31-27-26-29-34-39-44-51(4)5)61-55(58)47-42-37-32-25-22-19-18-20-23-28-33-38-43-50(2)3/h50-52H,6-49H2,1-5H3/t52-/m1/s1. The van der Waals surface area contributed by atoms with Gasteiger partial charge in [-0.1, -0.05) is 266 Å². The molecule has 0 radical (unpaired) electrons. The van der Waals surface area contributed by atoms with E-state index in [1.807, 2.05) is 0 Å². The van der Waals surface area contributed by atoms with Crippen LogP contribution in [0.1, 0.15) is 304 Å². The van der Waals surface area contributed by atoms with Crippen LogP contribution >= 0.6 is 0 Å². The fourth-order valence-electron chi connectivity index (χ4n) is 8.34. The minimum absolute atomic E-state index is 0.0636. The second-order valence-electron chi connectivity index (χ2n) is 19.8. The van der Waals surface area contributed by atoms with Crippen molar-refractivity contribution in [3.8, 4) is 0 Å². The van der Waals surface area contributed by atoms with Crippen LogP contribution in [0.2, 0.25) is 0 Å². The SMILES string of the molecule is CCCCCCCCCCCCCCCCCCCC(=O)OC[C@H](COC(=O)CCCCCCCCCCC(C)C)OC(=O)CCCCCCCCCCCCCCC(C)C. The van der Waals surface area contributed by atoms with Crippen molar-refractivity contribution in [3.05, 3.63) is 0 Å². The van der Waals surface area contributed by atoms with Gasteiger partial charge in [0, 0.05) is 19.3 Å². The predicted molar refractivity (Wildman–Crippen MR) is 261 cm³/mol. The highest BCUT2D eigenvalue weighted by molar-refractivity contribution is 5.71. The maximum Gasteiger partial charge on any atom is 0.306 e. The molecular formula is C55H106O6. The Labute approximate surface area is 380 Å². The Morgan fingerprint density at radius 2 is 0.541 bits per heavy atom. The summed E-state index contributed by atoms with van der Waals surface area (Å²) in [5.74, 6) is 0.782. The molecule has 0 fully saturated rings. The van der Waals surface area contributed by atoms with Gasteiger partial charge in [0.15, 0.2) is 6.10 Å². The van der Waals surface area contributed by atoms with Gasteiger partial charge in [0.1, 0.15) is 13.2 Å². The van der Waals surface area contributed by atoms with Crippen LogP contribution in [-0.2, 0) is 28.6 Å². The molecule has 0 N–H and O–H groups in total. The Morgan fingerprint density at radius 1 is 0.311 bits per heavy atom. The molecule has 0 aliphatic carbocycles. The summed E-state index contributed by atoms with van der Waals surface area (Å²) in [7, 11) is 0. The molecule has 362 valence electrons. The van der Waals surface area contributed by atoms with Crippen molar-refractivity contribution >= 4 is 17.9 Å². The van der Waals surface area contributed by atoms with E-state index in [1.54, 1.807) is 0 Å². The molecule has 0 amide bonds. The number of unbranched alkanes of at least 4 members (excludes halogenated alkanes) is 34. The topological polar surface area (TPSA) is 78.9 Å². The van der Waals surface area contributed by atoms with Crippen molar-refractivity contribution in [1.29, 1.82) is 0 Å². The molecule has 61 heavy (non-hydrogen) atoms. The first-order chi connectivity index (χ1) is 29.7. The van der Waals surface area contributed by atoms with Gasteiger partial charge in [0.2, 0.25) is 0 Å². The van der Waals surface area contributed by atoms with Gasteiger partial charge in [-0.3, -0.25) is 14.4 Å². The summed E-state index contributed by atoms with van der Waals surface area (Å²) in [6.07, 6.45) is 49.5. The summed E-state index contributed by atoms with van der Waals surface area (Å²) in [5, 5.41) is 0. The summed E-state index contributed by atoms with van der Waals surface area (Å²) in [5.41, 5.74) is 0. The van der Waals surface area contributed by atoms with E-state index in [0.717, 1.165) is 69.6 Å². The van der Waals surface area contributed by atoms with Crippen molar-refractivity contribution in [2.24, 2.45) is 11.8 Å². The van der Waals surface area contributed by atoms with Crippen LogP contribution in [0.4, 0.5) is 0 Å². The van der Waals surface area contributed by atoms with Crippen LogP contribution in [0.5, 0.6) is 0 Å². The molecule has 6 heteroatoms. The highest BCUT2D eigenvalue weighted by atomic mass is 16.6. The Bertz CT molecular complexity index is 931. The number of carbonyl (C=O) groups excluding carboxylic acids is 3. The molecule has 0 rings (SSSR count). The van der Waals surface area contributed by atoms with Gasteiger partial charge in [-0.15, -0.1) is 0 Å². The Kier molecular flexibility index (Phi) is 46.6. The average molecular weight is 863 g/mol. The first-order valence-electron chi connectivity index (χ1n) is 27.2. The highest BCUT2D eigenvalue weighted by Gasteiger charge is 2.19. The highest BCUT2D eigenvalue weighted by Crippen LogP contribution is 2.18. The average Bonchev–Trinajstić information content (AvgIpc) is 3.23. The van der Waals surface area contributed by atoms with Gasteiger partial charge in [0.25, 0.3) is 0 Å². The van der Waals surface area contributed by atoms with Crippen molar-refractivity contribution in [3.63, 3.8) is 0 Å². The van der Waals surface area contributed by atoms with E-state index in [1.165, 1.54) is 193 Å². The third-order valence-corrected chi connectivity index (χ3v) is 12.5. The van der Waals surface area contributed by atoms with Crippen LogP contribution in [0, 0.1) is 11.8 Å². The zero-order valence-corrected chi connectivity index (χ0v) is 41.8. The number of rotatable bonds is 49. The fraction of sp³-hybridized carbons (Fsp3) is 0.945. The number of hydrogen-bond acceptors (Lipinski definition) is 6. The Morgan fingerprint density at radius 3 is 0.803 bits per heavy atom. The monoisotopic (exact) mass is 863 g/mol. The zero-order chi connectivity index (χ0) is 44.7. The van der Waals surface area contributed by atoms with E-state index in [9.17, 15) is 14.4 Å². The number of ether oxygens (including phenoxy) is 3. The van der Waals surface area contributed by atoms with E-state index in [0.29, 0.717) is 19.3 Å². The lowest BCUT2D eigenvalue weighted by atomic mass is 10.0. The molecule has 0 aromatic carbocycles. The van der Waals surface area contributed by atoms with Gasteiger partial charge >= 0.3 is 17.9 Å². The van der Waals surface area contributed by atoms with Gasteiger partial charge in [-0.25, -0.2) is 0 Å². The van der Waals surface area contributed by atoms with E-state index in [-0.39, 0.29) is 31.1 Å². The largest absolute Gasteiger partial charge is 0.462 e. The molecule has 6 nitrogen and oxygen atoms in total. The number of carbonyl (C=O) groups is 3. The van der Waals surface area contributed by atoms with Gasteiger partial charge in [0.05, 0.1) is 0 Å². The fourth-order valence-corrected chi connectivity index (χ4v) is 8.34. The summed E-state index contributed by atoms with van der Waals surface area (Å²) in [4.78, 5) is 38.0. The molecule has 0 aromatic rings. The van der Waals surface area contributed by atoms with Gasteiger partial charge < -0.3 is 14.2 Å². The van der Waals surface area contributed by atoms with Crippen LogP contribution < -0.4 is 0 Å². The molecule has 0 aliphatic heterocycles. The second-order valence-corrected chi connectivity index (χ2v) is 19.8. The summed E-state index contributed by atoms with van der Waals surface area (Å²) in [6.45, 7) is 11.4. The molecular weight excluding hydrogens is 757 g/mol. The molecule has 0 unspecified atom stereocenters. The molecule has 0 aliphatic rings. The first-order valence-corrected chi connectivity index (χ1v) is 27.2. The van der Waals surface area contributed by atoms with Crippen molar-refractivity contribution in [2.45, 2.75) is 310 Å². The van der Waals surface area contributed by atoms with E-state index >= 15 is 0 Å². The van der Waals surface area contributed by atoms with E-state index in [2.05, 4.69) is 34.6 Å². The van der Waals surface area contributed by atoms with Gasteiger partial charge in [-0.05, 0) is 31.1 Å². The quantitative estimate of drug-likeness (QED) is 0.0344. The zero-order valence-electron chi connectivity index (χ0n) is 41.8. The number of hydrogen-bond donors (Lipinski definition) is 0. The third kappa shape index (κ3) is 49.3. The molecule has 0 bridgehead atoms. The minimum atomic E-state index is -0.762. The normalized spacial score (nSPS) is 12.0. The third-order valence-electron chi connectivity index (χ3n) is 12.5. The van der Waals surface area contributed by atoms with Crippen molar-refractivity contribution < 1.29 is 28.6 Å². The maximum absolute atomic E-state index is 12.8. The lowest BCUT2D eigenvalue weighted by Gasteiger charge is -2.18. The molecule has 0 aromatic heterocycles. The molecule has 0 saturated heterocycles. The van der Waals surface area contributed by atoms with Crippen LogP contribution in [0.3, 0.4) is 0 Å². The summed E-state index contributed by atoms with van der Waals surface area (Å²) in [6, 6.07) is 0. The molecule has 0 saturated carbocycles. The first kappa shape index (κ1) is 59.4. The van der Waals surface area contributed by atoms with Crippen LogP contribution in [0.15, 0.2) is 0 Å². The summed E-state index contributed by atoms with van der Waals surface area (Å²) >= 11 is 0. The van der Waals surface area contributed by atoms with E-state index < -0.39 is 6.10 Å². The Balaban J connectivity index is 4.28.